The molecule has 21 heavy (non-hydrogen) atoms. The molecule has 6 heteroatoms. The minimum absolute atomic E-state index is 0.0348. The minimum atomic E-state index is -4.33. The lowest BCUT2D eigenvalue weighted by Gasteiger charge is -2.25. The van der Waals surface area contributed by atoms with Crippen LogP contribution in [0.25, 0.3) is 0 Å². The first-order valence-corrected chi connectivity index (χ1v) is 7.99. The fourth-order valence-corrected chi connectivity index (χ4v) is 3.65. The van der Waals surface area contributed by atoms with Crippen LogP contribution in [-0.2, 0) is 12.7 Å². The van der Waals surface area contributed by atoms with Gasteiger partial charge in [-0.1, -0.05) is 43.8 Å². The first kappa shape index (κ1) is 16.2. The van der Waals surface area contributed by atoms with Crippen molar-refractivity contribution >= 4 is 16.9 Å². The van der Waals surface area contributed by atoms with Gasteiger partial charge in [-0.25, -0.2) is 0 Å². The number of amidine groups is 1. The molecule has 0 radical (unpaired) electrons. The second-order valence-electron chi connectivity index (χ2n) is 5.18. The molecule has 1 saturated heterocycles. The average molecular weight is 316 g/mol. The highest BCUT2D eigenvalue weighted by Crippen LogP contribution is 2.33. The Balaban J connectivity index is 2.13. The molecule has 1 aromatic rings. The molecule has 0 bridgehead atoms. The van der Waals surface area contributed by atoms with Crippen LogP contribution < -0.4 is 5.32 Å². The number of benzene rings is 1. The van der Waals surface area contributed by atoms with E-state index < -0.39 is 11.7 Å². The van der Waals surface area contributed by atoms with Crippen molar-refractivity contribution in [3.8, 4) is 0 Å². The van der Waals surface area contributed by atoms with Crippen LogP contribution in [0.1, 0.15) is 37.8 Å². The van der Waals surface area contributed by atoms with E-state index in [-0.39, 0.29) is 17.6 Å². The third-order valence-corrected chi connectivity index (χ3v) is 5.13. The quantitative estimate of drug-likeness (QED) is 0.887. The zero-order valence-corrected chi connectivity index (χ0v) is 12.9. The van der Waals surface area contributed by atoms with E-state index in [1.807, 2.05) is 0 Å². The highest BCUT2D eigenvalue weighted by Gasteiger charge is 2.35. The largest absolute Gasteiger partial charge is 0.416 e. The number of thioether (sulfide) groups is 1. The Kier molecular flexibility index (Phi) is 4.86. The smallest absolute Gasteiger partial charge is 0.359 e. The van der Waals surface area contributed by atoms with Gasteiger partial charge in [0.05, 0.1) is 12.1 Å². The van der Waals surface area contributed by atoms with Gasteiger partial charge in [-0.2, -0.15) is 13.2 Å². The Morgan fingerprint density at radius 3 is 2.48 bits per heavy atom. The first-order chi connectivity index (χ1) is 9.90. The van der Waals surface area contributed by atoms with Gasteiger partial charge in [-0.15, -0.1) is 0 Å². The monoisotopic (exact) mass is 316 g/mol. The van der Waals surface area contributed by atoms with Gasteiger partial charge in [0.1, 0.15) is 0 Å². The number of hydrogen-bond acceptors (Lipinski definition) is 2. The van der Waals surface area contributed by atoms with Crippen LogP contribution in [0, 0.1) is 0 Å². The first-order valence-electron chi connectivity index (χ1n) is 7.01. The summed E-state index contributed by atoms with van der Waals surface area (Å²) < 4.78 is 38.7. The molecule has 0 spiro atoms. The second-order valence-corrected chi connectivity index (χ2v) is 6.14. The van der Waals surface area contributed by atoms with E-state index in [4.69, 9.17) is 0 Å². The van der Waals surface area contributed by atoms with Crippen LogP contribution >= 0.6 is 11.8 Å². The van der Waals surface area contributed by atoms with Gasteiger partial charge < -0.3 is 5.32 Å². The van der Waals surface area contributed by atoms with Crippen molar-refractivity contribution in [1.82, 2.24) is 5.32 Å². The highest BCUT2D eigenvalue weighted by atomic mass is 32.2. The summed E-state index contributed by atoms with van der Waals surface area (Å²) in [6.07, 6.45) is -2.37. The fraction of sp³-hybridized carbons (Fsp3) is 0.533. The lowest BCUT2D eigenvalue weighted by atomic mass is 9.96. The van der Waals surface area contributed by atoms with Gasteiger partial charge in [-0.3, -0.25) is 4.99 Å². The van der Waals surface area contributed by atoms with Gasteiger partial charge >= 0.3 is 6.18 Å². The molecule has 0 aliphatic carbocycles. The fourth-order valence-electron chi connectivity index (χ4n) is 2.31. The van der Waals surface area contributed by atoms with E-state index in [0.29, 0.717) is 0 Å². The number of alkyl halides is 3. The van der Waals surface area contributed by atoms with E-state index in [1.54, 1.807) is 17.8 Å². The van der Waals surface area contributed by atoms with Crippen molar-refractivity contribution in [3.63, 3.8) is 0 Å². The summed E-state index contributed by atoms with van der Waals surface area (Å²) in [5.41, 5.74) is -0.354. The number of hydrogen-bond donors (Lipinski definition) is 1. The number of aliphatic imine (C=N–C) groups is 1. The molecule has 116 valence electrons. The highest BCUT2D eigenvalue weighted by molar-refractivity contribution is 8.14. The van der Waals surface area contributed by atoms with E-state index in [9.17, 15) is 13.2 Å². The third-order valence-electron chi connectivity index (χ3n) is 3.93. The predicted octanol–water partition coefficient (Wildman–Crippen LogP) is 4.46. The van der Waals surface area contributed by atoms with Gasteiger partial charge in [0.15, 0.2) is 5.17 Å². The molecule has 1 N–H and O–H groups in total. The summed E-state index contributed by atoms with van der Waals surface area (Å²) in [6.45, 7) is 4.27. The maximum atomic E-state index is 12.9. The molecule has 0 atom stereocenters. The summed E-state index contributed by atoms with van der Waals surface area (Å²) in [4.78, 5) is 4.33. The van der Waals surface area contributed by atoms with Gasteiger partial charge in [-0.05, 0) is 24.5 Å². The normalized spacial score (nSPS) is 19.8. The molecule has 0 unspecified atom stereocenters. The summed E-state index contributed by atoms with van der Waals surface area (Å²) in [7, 11) is 0. The van der Waals surface area contributed by atoms with Gasteiger partial charge in [0.2, 0.25) is 0 Å². The zero-order valence-electron chi connectivity index (χ0n) is 12.1. The van der Waals surface area contributed by atoms with Crippen molar-refractivity contribution in [2.75, 3.05) is 5.75 Å². The molecule has 2 rings (SSSR count). The third kappa shape index (κ3) is 3.73. The standard InChI is InChI=1S/C15H19F3N2S/c1-3-14(4-2)10-21-13(20-14)19-9-11-7-5-6-8-12(11)15(16,17)18/h5-8H,3-4,9-10H2,1-2H3,(H,19,20). The number of nitrogens with zero attached hydrogens (tertiary/aromatic N) is 1. The SMILES string of the molecule is CCC1(CC)CSC(=NCc2ccccc2C(F)(F)F)N1. The molecular formula is C15H19F3N2S. The molecule has 1 fully saturated rings. The van der Waals surface area contributed by atoms with Crippen molar-refractivity contribution in [2.24, 2.45) is 4.99 Å². The second kappa shape index (κ2) is 6.30. The topological polar surface area (TPSA) is 24.4 Å². The zero-order chi connectivity index (χ0) is 15.5. The van der Waals surface area contributed by atoms with Crippen LogP contribution in [0.3, 0.4) is 0 Å². The summed E-state index contributed by atoms with van der Waals surface area (Å²) in [6, 6.07) is 5.61. The van der Waals surface area contributed by atoms with Crippen LogP contribution in [0.2, 0.25) is 0 Å². The van der Waals surface area contributed by atoms with Crippen molar-refractivity contribution < 1.29 is 13.2 Å². The number of halogens is 3. The van der Waals surface area contributed by atoms with E-state index in [0.717, 1.165) is 29.8 Å². The van der Waals surface area contributed by atoms with Crippen molar-refractivity contribution in [3.05, 3.63) is 35.4 Å². The number of nitrogens with one attached hydrogen (secondary N) is 1. The van der Waals surface area contributed by atoms with Crippen LogP contribution in [-0.4, -0.2) is 16.5 Å². The lowest BCUT2D eigenvalue weighted by molar-refractivity contribution is -0.138. The van der Waals surface area contributed by atoms with Crippen LogP contribution in [0.4, 0.5) is 13.2 Å². The lowest BCUT2D eigenvalue weighted by Crippen LogP contribution is -2.42. The molecule has 2 nitrogen and oxygen atoms in total. The summed E-state index contributed by atoms with van der Waals surface area (Å²) >= 11 is 1.59. The Morgan fingerprint density at radius 2 is 1.90 bits per heavy atom. The Labute approximate surface area is 127 Å². The molecule has 1 aliphatic heterocycles. The molecule has 1 aromatic carbocycles. The van der Waals surface area contributed by atoms with Crippen LogP contribution in [0.5, 0.6) is 0 Å². The van der Waals surface area contributed by atoms with Gasteiger partial charge in [0, 0.05) is 11.3 Å². The average Bonchev–Trinajstić information content (AvgIpc) is 2.89. The van der Waals surface area contributed by atoms with Crippen molar-refractivity contribution in [2.45, 2.75) is 44.9 Å². The van der Waals surface area contributed by atoms with E-state index in [2.05, 4.69) is 24.2 Å². The Bertz CT molecular complexity index is 522. The van der Waals surface area contributed by atoms with E-state index in [1.165, 1.54) is 12.1 Å². The maximum absolute atomic E-state index is 12.9. The molecular weight excluding hydrogens is 297 g/mol. The Morgan fingerprint density at radius 1 is 1.24 bits per heavy atom. The Hall–Kier alpha value is -1.17. The molecule has 1 heterocycles. The van der Waals surface area contributed by atoms with Crippen LogP contribution in [0.15, 0.2) is 29.3 Å². The molecule has 0 amide bonds. The molecule has 0 aromatic heterocycles. The molecule has 0 saturated carbocycles. The predicted molar refractivity (Wildman–Crippen MR) is 81.5 cm³/mol. The summed E-state index contributed by atoms with van der Waals surface area (Å²) in [5, 5.41) is 4.11. The maximum Gasteiger partial charge on any atom is 0.416 e. The van der Waals surface area contributed by atoms with Gasteiger partial charge in [0.25, 0.3) is 0 Å². The summed E-state index contributed by atoms with van der Waals surface area (Å²) in [5.74, 6) is 0.916. The molecule has 1 aliphatic rings. The number of rotatable bonds is 4. The van der Waals surface area contributed by atoms with Crippen molar-refractivity contribution in [1.29, 1.82) is 0 Å². The minimum Gasteiger partial charge on any atom is -0.359 e. The van der Waals surface area contributed by atoms with E-state index >= 15 is 0 Å².